The fourth-order valence-electron chi connectivity index (χ4n) is 4.08. The summed E-state index contributed by atoms with van der Waals surface area (Å²) in [6.45, 7) is 10.3. The number of rotatable bonds is 6. The average molecular weight is 465 g/mol. The van der Waals surface area contributed by atoms with Gasteiger partial charge in [-0.1, -0.05) is 49.4 Å². The van der Waals surface area contributed by atoms with Crippen molar-refractivity contribution >= 4 is 23.4 Å². The third kappa shape index (κ3) is 4.39. The SMILES string of the molecule is CCOc1ccccc1[C@H]1Oc2nc(SCC)nnc2-c2cc(C)cc(C)c2N1C(=O)CC. The molecule has 1 atom stereocenters. The summed E-state index contributed by atoms with van der Waals surface area (Å²) in [6.07, 6.45) is -0.451. The Morgan fingerprint density at radius 1 is 1.15 bits per heavy atom. The van der Waals surface area contributed by atoms with Crippen molar-refractivity contribution in [1.29, 1.82) is 0 Å². The second-order valence-electron chi connectivity index (χ2n) is 7.72. The van der Waals surface area contributed by atoms with E-state index in [4.69, 9.17) is 9.47 Å². The Bertz CT molecular complexity index is 1180. The van der Waals surface area contributed by atoms with Crippen molar-refractivity contribution in [3.8, 4) is 22.9 Å². The van der Waals surface area contributed by atoms with Gasteiger partial charge in [-0.2, -0.15) is 4.98 Å². The van der Waals surface area contributed by atoms with Crippen LogP contribution in [0, 0.1) is 13.8 Å². The molecule has 1 aromatic heterocycles. The summed E-state index contributed by atoms with van der Waals surface area (Å²) in [5.41, 5.74) is 4.84. The van der Waals surface area contributed by atoms with Crippen LogP contribution in [0.2, 0.25) is 0 Å². The molecule has 8 heteroatoms. The quantitative estimate of drug-likeness (QED) is 0.446. The molecule has 0 saturated carbocycles. The first kappa shape index (κ1) is 23.0. The number of hydrogen-bond acceptors (Lipinski definition) is 7. The first-order valence-electron chi connectivity index (χ1n) is 11.2. The van der Waals surface area contributed by atoms with Crippen LogP contribution in [0.4, 0.5) is 5.69 Å². The van der Waals surface area contributed by atoms with Gasteiger partial charge in [0.1, 0.15) is 5.75 Å². The number of hydrogen-bond donors (Lipinski definition) is 0. The van der Waals surface area contributed by atoms with Crippen LogP contribution in [0.3, 0.4) is 0 Å². The lowest BCUT2D eigenvalue weighted by atomic mass is 9.99. The highest BCUT2D eigenvalue weighted by Crippen LogP contribution is 2.47. The molecule has 1 aliphatic heterocycles. The van der Waals surface area contributed by atoms with Gasteiger partial charge < -0.3 is 9.47 Å². The monoisotopic (exact) mass is 464 g/mol. The van der Waals surface area contributed by atoms with E-state index < -0.39 is 6.23 Å². The number of benzene rings is 2. The third-order valence-corrected chi connectivity index (χ3v) is 6.08. The van der Waals surface area contributed by atoms with Crippen LogP contribution < -0.4 is 14.4 Å². The molecule has 1 aliphatic rings. The van der Waals surface area contributed by atoms with E-state index in [0.29, 0.717) is 35.5 Å². The molecule has 0 aliphatic carbocycles. The van der Waals surface area contributed by atoms with E-state index in [2.05, 4.69) is 21.2 Å². The van der Waals surface area contributed by atoms with Gasteiger partial charge in [0.25, 0.3) is 0 Å². The summed E-state index contributed by atoms with van der Waals surface area (Å²) in [4.78, 5) is 19.8. The molecule has 2 heterocycles. The summed E-state index contributed by atoms with van der Waals surface area (Å²) < 4.78 is 12.4. The zero-order valence-corrected chi connectivity index (χ0v) is 20.4. The van der Waals surface area contributed by atoms with Crippen molar-refractivity contribution in [3.05, 3.63) is 53.1 Å². The number of carbonyl (C=O) groups excluding carboxylic acids is 1. The van der Waals surface area contributed by atoms with Gasteiger partial charge in [-0.25, -0.2) is 0 Å². The third-order valence-electron chi connectivity index (χ3n) is 5.36. The molecule has 172 valence electrons. The highest BCUT2D eigenvalue weighted by Gasteiger charge is 2.37. The number of thioether (sulfide) groups is 1. The summed E-state index contributed by atoms with van der Waals surface area (Å²) in [7, 11) is 0. The van der Waals surface area contributed by atoms with Gasteiger partial charge in [0.2, 0.25) is 23.2 Å². The molecular formula is C25H28N4O3S. The highest BCUT2D eigenvalue weighted by atomic mass is 32.2. The molecule has 3 aromatic rings. The minimum Gasteiger partial charge on any atom is -0.493 e. The maximum atomic E-state index is 13.4. The molecule has 0 spiro atoms. The number of para-hydroxylation sites is 1. The number of ether oxygens (including phenoxy) is 2. The zero-order valence-electron chi connectivity index (χ0n) is 19.6. The molecule has 1 amide bonds. The standard InChI is InChI=1S/C25H28N4O3S/c1-6-20(30)29-22-16(5)13-15(4)14-18(22)21-23(26-25(28-27-21)33-8-3)32-24(29)17-11-9-10-12-19(17)31-7-2/h9-14,24H,6-8H2,1-5H3/t24-/m1/s1. The van der Waals surface area contributed by atoms with Gasteiger partial charge in [-0.05, 0) is 50.3 Å². The molecule has 0 radical (unpaired) electrons. The Kier molecular flexibility index (Phi) is 6.83. The summed E-state index contributed by atoms with van der Waals surface area (Å²) in [6, 6.07) is 11.7. The second-order valence-corrected chi connectivity index (χ2v) is 8.95. The van der Waals surface area contributed by atoms with Crippen LogP contribution in [0.25, 0.3) is 11.3 Å². The number of aryl methyl sites for hydroxylation is 2. The lowest BCUT2D eigenvalue weighted by molar-refractivity contribution is -0.120. The Morgan fingerprint density at radius 2 is 1.94 bits per heavy atom. The molecule has 0 bridgehead atoms. The van der Waals surface area contributed by atoms with Gasteiger partial charge in [0.05, 0.1) is 17.9 Å². The maximum Gasteiger partial charge on any atom is 0.247 e. The molecule has 0 N–H and O–H groups in total. The normalized spacial score (nSPS) is 14.7. The number of nitrogens with zero attached hydrogens (tertiary/aromatic N) is 4. The largest absolute Gasteiger partial charge is 0.493 e. The summed E-state index contributed by atoms with van der Waals surface area (Å²) in [5.74, 6) is 1.77. The van der Waals surface area contributed by atoms with Crippen LogP contribution >= 0.6 is 11.8 Å². The topological polar surface area (TPSA) is 77.4 Å². The maximum absolute atomic E-state index is 13.4. The van der Waals surface area contributed by atoms with Crippen molar-refractivity contribution in [2.24, 2.45) is 0 Å². The zero-order chi connectivity index (χ0) is 23.5. The highest BCUT2D eigenvalue weighted by molar-refractivity contribution is 7.99. The Labute approximate surface area is 198 Å². The predicted octanol–water partition coefficient (Wildman–Crippen LogP) is 5.50. The smallest absolute Gasteiger partial charge is 0.247 e. The van der Waals surface area contributed by atoms with E-state index in [9.17, 15) is 4.79 Å². The van der Waals surface area contributed by atoms with E-state index in [0.717, 1.165) is 33.7 Å². The Balaban J connectivity index is 2.03. The molecule has 0 fully saturated rings. The van der Waals surface area contributed by atoms with Crippen molar-refractivity contribution in [2.45, 2.75) is 52.4 Å². The van der Waals surface area contributed by atoms with E-state index in [1.165, 1.54) is 11.8 Å². The van der Waals surface area contributed by atoms with Crippen molar-refractivity contribution in [1.82, 2.24) is 15.2 Å². The van der Waals surface area contributed by atoms with Crippen LogP contribution in [-0.2, 0) is 4.79 Å². The molecular weight excluding hydrogens is 436 g/mol. The predicted molar refractivity (Wildman–Crippen MR) is 130 cm³/mol. The first-order chi connectivity index (χ1) is 16.0. The lowest BCUT2D eigenvalue weighted by Gasteiger charge is -2.32. The number of carbonyl (C=O) groups is 1. The van der Waals surface area contributed by atoms with Crippen molar-refractivity contribution < 1.29 is 14.3 Å². The van der Waals surface area contributed by atoms with Crippen LogP contribution in [0.5, 0.6) is 11.6 Å². The molecule has 33 heavy (non-hydrogen) atoms. The first-order valence-corrected chi connectivity index (χ1v) is 12.2. The second kappa shape index (κ2) is 9.79. The molecule has 0 saturated heterocycles. The molecule has 2 aromatic carbocycles. The van der Waals surface area contributed by atoms with Gasteiger partial charge in [-0.3, -0.25) is 9.69 Å². The van der Waals surface area contributed by atoms with Crippen LogP contribution in [0.15, 0.2) is 41.6 Å². The number of anilines is 1. The minimum atomic E-state index is -0.766. The van der Waals surface area contributed by atoms with Crippen molar-refractivity contribution in [2.75, 3.05) is 17.3 Å². The fraction of sp³-hybridized carbons (Fsp3) is 0.360. The van der Waals surface area contributed by atoms with Gasteiger partial charge >= 0.3 is 0 Å². The van der Waals surface area contributed by atoms with Gasteiger partial charge in [-0.15, -0.1) is 10.2 Å². The molecule has 7 nitrogen and oxygen atoms in total. The minimum absolute atomic E-state index is 0.0663. The Hall–Kier alpha value is -3.13. The lowest BCUT2D eigenvalue weighted by Crippen LogP contribution is -2.38. The van der Waals surface area contributed by atoms with Gasteiger partial charge in [0.15, 0.2) is 5.69 Å². The van der Waals surface area contributed by atoms with Gasteiger partial charge in [0, 0.05) is 12.0 Å². The summed E-state index contributed by atoms with van der Waals surface area (Å²) in [5, 5.41) is 9.35. The summed E-state index contributed by atoms with van der Waals surface area (Å²) >= 11 is 1.49. The van der Waals surface area contributed by atoms with Crippen LogP contribution in [0.1, 0.15) is 50.1 Å². The number of aromatic nitrogens is 3. The van der Waals surface area contributed by atoms with Crippen LogP contribution in [-0.4, -0.2) is 33.4 Å². The van der Waals surface area contributed by atoms with E-state index in [1.807, 2.05) is 65.0 Å². The van der Waals surface area contributed by atoms with E-state index >= 15 is 0 Å². The molecule has 0 unspecified atom stereocenters. The average Bonchev–Trinajstić information content (AvgIpc) is 2.94. The van der Waals surface area contributed by atoms with E-state index in [-0.39, 0.29) is 5.91 Å². The Morgan fingerprint density at radius 3 is 2.67 bits per heavy atom. The number of fused-ring (bicyclic) bond motifs is 3. The number of amides is 1. The van der Waals surface area contributed by atoms with E-state index in [1.54, 1.807) is 4.90 Å². The molecule has 4 rings (SSSR count). The van der Waals surface area contributed by atoms with Crippen molar-refractivity contribution in [3.63, 3.8) is 0 Å². The fourth-order valence-corrected chi connectivity index (χ4v) is 4.58.